The van der Waals surface area contributed by atoms with Gasteiger partial charge in [-0.25, -0.2) is 0 Å². The van der Waals surface area contributed by atoms with Gasteiger partial charge in [-0.2, -0.15) is 18.4 Å². The third-order valence-electron chi connectivity index (χ3n) is 3.97. The number of carbonyl (C=O) groups is 1. The lowest BCUT2D eigenvalue weighted by Gasteiger charge is -2.10. The van der Waals surface area contributed by atoms with Crippen molar-refractivity contribution in [2.75, 3.05) is 10.6 Å². The van der Waals surface area contributed by atoms with Gasteiger partial charge in [-0.05, 0) is 29.7 Å². The van der Waals surface area contributed by atoms with Crippen molar-refractivity contribution in [1.29, 1.82) is 5.26 Å². The molecule has 0 bridgehead atoms. The van der Waals surface area contributed by atoms with Gasteiger partial charge in [0, 0.05) is 23.0 Å². The van der Waals surface area contributed by atoms with Crippen LogP contribution in [0, 0.1) is 11.3 Å². The number of amides is 1. The predicted octanol–water partition coefficient (Wildman–Crippen LogP) is 5.32. The zero-order valence-corrected chi connectivity index (χ0v) is 14.4. The Hall–Kier alpha value is -3.79. The van der Waals surface area contributed by atoms with E-state index in [1.165, 1.54) is 18.3 Å². The number of anilines is 2. The fourth-order valence-electron chi connectivity index (χ4n) is 2.62. The lowest BCUT2D eigenvalue weighted by molar-refractivity contribution is -0.137. The molecule has 0 aliphatic rings. The molecule has 2 N–H and O–H groups in total. The normalized spacial score (nSPS) is 11.7. The lowest BCUT2D eigenvalue weighted by Crippen LogP contribution is -2.15. The summed E-state index contributed by atoms with van der Waals surface area (Å²) in [6.07, 6.45) is -3.30. The van der Waals surface area contributed by atoms with E-state index in [0.29, 0.717) is 5.69 Å². The number of fused-ring (bicyclic) bond motifs is 1. The monoisotopic (exact) mass is 381 g/mol. The molecule has 3 aromatic rings. The third kappa shape index (κ3) is 4.30. The fraction of sp³-hybridized carbons (Fsp3) is 0.0476. The first-order valence-corrected chi connectivity index (χ1v) is 8.21. The zero-order valence-electron chi connectivity index (χ0n) is 14.4. The van der Waals surface area contributed by atoms with Crippen LogP contribution < -0.4 is 10.6 Å². The van der Waals surface area contributed by atoms with E-state index in [4.69, 9.17) is 0 Å². The van der Waals surface area contributed by atoms with Gasteiger partial charge in [-0.1, -0.05) is 42.5 Å². The minimum Gasteiger partial charge on any atom is -0.360 e. The van der Waals surface area contributed by atoms with Crippen LogP contribution >= 0.6 is 0 Å². The number of halogens is 3. The van der Waals surface area contributed by atoms with E-state index in [1.54, 1.807) is 12.1 Å². The van der Waals surface area contributed by atoms with Crippen LogP contribution in [-0.2, 0) is 11.0 Å². The number of hydrogen-bond acceptors (Lipinski definition) is 3. The van der Waals surface area contributed by atoms with E-state index in [0.717, 1.165) is 22.9 Å². The van der Waals surface area contributed by atoms with Crippen molar-refractivity contribution >= 4 is 28.1 Å². The van der Waals surface area contributed by atoms with Crippen molar-refractivity contribution in [3.05, 3.63) is 84.1 Å². The smallest absolute Gasteiger partial charge is 0.360 e. The first-order chi connectivity index (χ1) is 13.4. The molecule has 3 rings (SSSR count). The molecule has 0 aliphatic carbocycles. The van der Waals surface area contributed by atoms with Crippen molar-refractivity contribution in [1.82, 2.24) is 0 Å². The van der Waals surface area contributed by atoms with Gasteiger partial charge in [0.25, 0.3) is 5.91 Å². The molecule has 1 amide bonds. The zero-order chi connectivity index (χ0) is 20.1. The maximum Gasteiger partial charge on any atom is 0.416 e. The Bertz CT molecular complexity index is 1090. The number of carbonyl (C=O) groups excluding carboxylic acids is 1. The Morgan fingerprint density at radius 3 is 2.46 bits per heavy atom. The molecule has 0 radical (unpaired) electrons. The molecule has 140 valence electrons. The van der Waals surface area contributed by atoms with E-state index >= 15 is 0 Å². The highest BCUT2D eigenvalue weighted by molar-refractivity contribution is 6.07. The molecule has 28 heavy (non-hydrogen) atoms. The van der Waals surface area contributed by atoms with Gasteiger partial charge in [0.1, 0.15) is 11.6 Å². The van der Waals surface area contributed by atoms with Crippen LogP contribution in [0.15, 0.2) is 78.5 Å². The van der Waals surface area contributed by atoms with Gasteiger partial charge in [0.15, 0.2) is 0 Å². The molecule has 0 fully saturated rings. The van der Waals surface area contributed by atoms with Gasteiger partial charge in [0.2, 0.25) is 0 Å². The van der Waals surface area contributed by atoms with Crippen LogP contribution in [0.1, 0.15) is 5.56 Å². The molecule has 0 heterocycles. The minimum atomic E-state index is -4.52. The molecule has 0 unspecified atom stereocenters. The minimum absolute atomic E-state index is 0.0499. The number of hydrogen-bond donors (Lipinski definition) is 2. The molecule has 7 heteroatoms. The van der Waals surface area contributed by atoms with Crippen LogP contribution in [0.4, 0.5) is 24.5 Å². The largest absolute Gasteiger partial charge is 0.416 e. The second-order valence-electron chi connectivity index (χ2n) is 5.87. The lowest BCUT2D eigenvalue weighted by atomic mass is 10.1. The quantitative estimate of drug-likeness (QED) is 0.475. The molecule has 0 saturated carbocycles. The number of rotatable bonds is 4. The molecule has 0 aromatic heterocycles. The maximum absolute atomic E-state index is 12.8. The Labute approximate surface area is 158 Å². The first-order valence-electron chi connectivity index (χ1n) is 8.21. The van der Waals surface area contributed by atoms with Crippen LogP contribution in [0.3, 0.4) is 0 Å². The number of nitrogens with one attached hydrogen (secondary N) is 2. The summed E-state index contributed by atoms with van der Waals surface area (Å²) < 4.78 is 38.3. The second kappa shape index (κ2) is 7.84. The summed E-state index contributed by atoms with van der Waals surface area (Å²) in [7, 11) is 0. The van der Waals surface area contributed by atoms with Gasteiger partial charge in [-0.15, -0.1) is 0 Å². The summed E-state index contributed by atoms with van der Waals surface area (Å²) in [5.41, 5.74) is -0.518. The highest BCUT2D eigenvalue weighted by Gasteiger charge is 2.30. The number of nitrogens with zero attached hydrogens (tertiary/aromatic N) is 1. The molecule has 0 aliphatic heterocycles. The summed E-state index contributed by atoms with van der Waals surface area (Å²) in [6, 6.07) is 19.1. The Morgan fingerprint density at radius 2 is 1.71 bits per heavy atom. The summed E-state index contributed by atoms with van der Waals surface area (Å²) in [5.74, 6) is -0.811. The van der Waals surface area contributed by atoms with Crippen molar-refractivity contribution in [3.8, 4) is 6.07 Å². The Balaban J connectivity index is 1.79. The van der Waals surface area contributed by atoms with Gasteiger partial charge >= 0.3 is 6.18 Å². The van der Waals surface area contributed by atoms with Gasteiger partial charge in [-0.3, -0.25) is 4.79 Å². The predicted molar refractivity (Wildman–Crippen MR) is 101 cm³/mol. The Morgan fingerprint density at radius 1 is 1.00 bits per heavy atom. The number of alkyl halides is 3. The van der Waals surface area contributed by atoms with Crippen molar-refractivity contribution < 1.29 is 18.0 Å². The average Bonchev–Trinajstić information content (AvgIpc) is 2.68. The second-order valence-corrected chi connectivity index (χ2v) is 5.87. The fourth-order valence-corrected chi connectivity index (χ4v) is 2.62. The average molecular weight is 381 g/mol. The van der Waals surface area contributed by atoms with Crippen molar-refractivity contribution in [3.63, 3.8) is 0 Å². The van der Waals surface area contributed by atoms with E-state index in [9.17, 15) is 23.2 Å². The standard InChI is InChI=1S/C21H14F3N3O/c22-21(23,24)16-7-4-8-17(11-16)27-20(28)15(12-25)13-26-19-10-3-6-14-5-1-2-9-18(14)19/h1-11,13,26H,(H,27,28)/b15-13-. The number of benzene rings is 3. The molecule has 3 aromatic carbocycles. The first kappa shape index (κ1) is 19.0. The van der Waals surface area contributed by atoms with Crippen LogP contribution in [-0.4, -0.2) is 5.91 Å². The highest BCUT2D eigenvalue weighted by atomic mass is 19.4. The summed E-state index contributed by atoms with van der Waals surface area (Å²) in [4.78, 5) is 12.3. The van der Waals surface area contributed by atoms with E-state index < -0.39 is 17.6 Å². The molecule has 4 nitrogen and oxygen atoms in total. The summed E-state index contributed by atoms with van der Waals surface area (Å²) in [6.45, 7) is 0. The third-order valence-corrected chi connectivity index (χ3v) is 3.97. The van der Waals surface area contributed by atoms with E-state index in [2.05, 4.69) is 10.6 Å². The highest BCUT2D eigenvalue weighted by Crippen LogP contribution is 2.30. The molecular formula is C21H14F3N3O. The van der Waals surface area contributed by atoms with Crippen LogP contribution in [0.5, 0.6) is 0 Å². The maximum atomic E-state index is 12.8. The SMILES string of the molecule is N#C/C(=C/Nc1cccc2ccccc12)C(=O)Nc1cccc(C(F)(F)F)c1. The van der Waals surface area contributed by atoms with Gasteiger partial charge < -0.3 is 10.6 Å². The molecule has 0 saturated heterocycles. The van der Waals surface area contributed by atoms with Crippen molar-refractivity contribution in [2.24, 2.45) is 0 Å². The number of nitriles is 1. The van der Waals surface area contributed by atoms with E-state index in [1.807, 2.05) is 36.4 Å². The van der Waals surface area contributed by atoms with Crippen LogP contribution in [0.25, 0.3) is 10.8 Å². The molecular weight excluding hydrogens is 367 g/mol. The van der Waals surface area contributed by atoms with E-state index in [-0.39, 0.29) is 11.3 Å². The topological polar surface area (TPSA) is 64.9 Å². The molecule has 0 spiro atoms. The summed E-state index contributed by atoms with van der Waals surface area (Å²) in [5, 5.41) is 16.4. The Kier molecular flexibility index (Phi) is 5.32. The summed E-state index contributed by atoms with van der Waals surface area (Å²) >= 11 is 0. The van der Waals surface area contributed by atoms with Gasteiger partial charge in [0.05, 0.1) is 5.56 Å². The van der Waals surface area contributed by atoms with Crippen LogP contribution in [0.2, 0.25) is 0 Å². The molecule has 0 atom stereocenters. The van der Waals surface area contributed by atoms with Crippen molar-refractivity contribution in [2.45, 2.75) is 6.18 Å².